The number of carbonyl (C=O) groups excluding carboxylic acids is 1. The monoisotopic (exact) mass is 497 g/mol. The second kappa shape index (κ2) is 9.93. The molecule has 1 aromatic heterocycles. The van der Waals surface area contributed by atoms with Crippen molar-refractivity contribution in [3.63, 3.8) is 0 Å². The summed E-state index contributed by atoms with van der Waals surface area (Å²) < 4.78 is 40.0. The van der Waals surface area contributed by atoms with Gasteiger partial charge in [-0.15, -0.1) is 0 Å². The summed E-state index contributed by atoms with van der Waals surface area (Å²) in [4.78, 5) is 17.2. The molecule has 0 spiro atoms. The van der Waals surface area contributed by atoms with E-state index >= 15 is 0 Å². The molecular formula is C26H31N3O5S. The Morgan fingerprint density at radius 3 is 2.54 bits per heavy atom. The number of rotatable bonds is 7. The van der Waals surface area contributed by atoms with Crippen molar-refractivity contribution in [1.82, 2.24) is 15.0 Å². The van der Waals surface area contributed by atoms with Gasteiger partial charge in [0, 0.05) is 35.8 Å². The maximum Gasteiger partial charge on any atom is 0.312 e. The fraction of sp³-hybridized carbons (Fsp3) is 0.385. The first kappa shape index (κ1) is 25.1. The van der Waals surface area contributed by atoms with Crippen LogP contribution in [0, 0.1) is 12.8 Å². The van der Waals surface area contributed by atoms with Gasteiger partial charge in [-0.2, -0.15) is 0 Å². The van der Waals surface area contributed by atoms with E-state index in [2.05, 4.69) is 15.0 Å². The first-order valence-corrected chi connectivity index (χ1v) is 13.0. The molecule has 9 heteroatoms. The number of aryl methyl sites for hydroxylation is 1. The van der Waals surface area contributed by atoms with Crippen molar-refractivity contribution in [2.45, 2.75) is 50.8 Å². The van der Waals surface area contributed by atoms with E-state index in [4.69, 9.17) is 9.47 Å². The van der Waals surface area contributed by atoms with Gasteiger partial charge in [0.1, 0.15) is 18.0 Å². The summed E-state index contributed by atoms with van der Waals surface area (Å²) >= 11 is 0. The summed E-state index contributed by atoms with van der Waals surface area (Å²) in [6.45, 7) is 8.34. The number of carbonyl (C=O) groups is 1. The van der Waals surface area contributed by atoms with Crippen molar-refractivity contribution in [2.75, 3.05) is 13.1 Å². The van der Waals surface area contributed by atoms with Crippen molar-refractivity contribution in [2.24, 2.45) is 5.92 Å². The summed E-state index contributed by atoms with van der Waals surface area (Å²) in [5.41, 5.74) is 2.18. The zero-order valence-electron chi connectivity index (χ0n) is 20.4. The minimum Gasteiger partial charge on any atom is -0.489 e. The van der Waals surface area contributed by atoms with E-state index in [1.165, 1.54) is 12.1 Å². The van der Waals surface area contributed by atoms with Crippen molar-refractivity contribution in [3.05, 3.63) is 65.9 Å². The highest BCUT2D eigenvalue weighted by Gasteiger charge is 2.38. The Morgan fingerprint density at radius 1 is 1.11 bits per heavy atom. The second-order valence-electron chi connectivity index (χ2n) is 9.73. The van der Waals surface area contributed by atoms with E-state index in [9.17, 15) is 13.2 Å². The van der Waals surface area contributed by atoms with E-state index in [0.29, 0.717) is 25.4 Å². The van der Waals surface area contributed by atoms with Crippen LogP contribution in [-0.2, 0) is 26.2 Å². The fourth-order valence-corrected chi connectivity index (χ4v) is 5.36. The van der Waals surface area contributed by atoms with Crippen LogP contribution in [-0.4, -0.2) is 44.1 Å². The maximum absolute atomic E-state index is 13.0. The molecule has 3 aromatic rings. The number of pyridine rings is 1. The van der Waals surface area contributed by atoms with Crippen molar-refractivity contribution in [3.8, 4) is 5.75 Å². The summed E-state index contributed by atoms with van der Waals surface area (Å²) in [5, 5.41) is 4.09. The molecule has 0 aliphatic carbocycles. The quantitative estimate of drug-likeness (QED) is 0.482. The number of hydrogen-bond acceptors (Lipinski definition) is 7. The Balaban J connectivity index is 1.42. The number of hydrogen-bond donors (Lipinski definition) is 2. The number of nitrogens with one attached hydrogen (secondary N) is 2. The zero-order chi connectivity index (χ0) is 25.2. The lowest BCUT2D eigenvalue weighted by Crippen LogP contribution is -2.44. The van der Waals surface area contributed by atoms with Crippen LogP contribution in [0.1, 0.15) is 32.0 Å². The minimum absolute atomic E-state index is 0.102. The van der Waals surface area contributed by atoms with Crippen LogP contribution < -0.4 is 14.8 Å². The molecular weight excluding hydrogens is 466 g/mol. The van der Waals surface area contributed by atoms with Gasteiger partial charge in [0.05, 0.1) is 16.3 Å². The van der Waals surface area contributed by atoms with Crippen molar-refractivity contribution >= 4 is 26.9 Å². The van der Waals surface area contributed by atoms with Gasteiger partial charge >= 0.3 is 5.97 Å². The van der Waals surface area contributed by atoms with Crippen molar-refractivity contribution in [1.29, 1.82) is 0 Å². The minimum atomic E-state index is -3.83. The van der Waals surface area contributed by atoms with Gasteiger partial charge in [0.15, 0.2) is 0 Å². The molecule has 2 aromatic carbocycles. The molecule has 1 aliphatic heterocycles. The summed E-state index contributed by atoms with van der Waals surface area (Å²) in [5.74, 6) is -0.459. The molecule has 2 atom stereocenters. The third-order valence-electron chi connectivity index (χ3n) is 5.69. The van der Waals surface area contributed by atoms with E-state index in [1.807, 2.05) is 37.3 Å². The average molecular weight is 498 g/mol. The molecule has 2 heterocycles. The molecule has 35 heavy (non-hydrogen) atoms. The maximum atomic E-state index is 13.0. The van der Waals surface area contributed by atoms with Crippen LogP contribution in [0.5, 0.6) is 5.75 Å². The molecule has 0 unspecified atom stereocenters. The molecule has 8 nitrogen and oxygen atoms in total. The van der Waals surface area contributed by atoms with Gasteiger partial charge in [-0.1, -0.05) is 18.2 Å². The number of nitrogens with zero attached hydrogens (tertiary/aromatic N) is 1. The van der Waals surface area contributed by atoms with Crippen LogP contribution in [0.4, 0.5) is 0 Å². The SMILES string of the molecule is Cc1cc(COc2ccc(S(=O)(=O)N[C@H]3CNC[C@H]3C(=O)OC(C)(C)C)cc2)c2ccccc2n1. The van der Waals surface area contributed by atoms with E-state index < -0.39 is 33.6 Å². The second-order valence-corrected chi connectivity index (χ2v) is 11.4. The topological polar surface area (TPSA) is 107 Å². The summed E-state index contributed by atoms with van der Waals surface area (Å²) in [6, 6.07) is 15.5. The summed E-state index contributed by atoms with van der Waals surface area (Å²) in [6.07, 6.45) is 0. The van der Waals surface area contributed by atoms with Gasteiger partial charge < -0.3 is 14.8 Å². The van der Waals surface area contributed by atoms with Gasteiger partial charge in [0.25, 0.3) is 0 Å². The standard InChI is InChI=1S/C26H31N3O5S/c1-17-13-18(21-7-5-6-8-23(21)28-17)16-33-19-9-11-20(12-10-19)35(31,32)29-24-15-27-14-22(24)25(30)34-26(2,3)4/h5-13,22,24,27,29H,14-16H2,1-4H3/t22-,24+/m1/s1. The summed E-state index contributed by atoms with van der Waals surface area (Å²) in [7, 11) is -3.83. The predicted molar refractivity (Wildman–Crippen MR) is 134 cm³/mol. The molecule has 0 amide bonds. The average Bonchev–Trinajstić information content (AvgIpc) is 3.24. The molecule has 186 valence electrons. The number of sulfonamides is 1. The first-order chi connectivity index (χ1) is 16.5. The van der Waals surface area contributed by atoms with E-state index in [-0.39, 0.29) is 4.90 Å². The molecule has 2 N–H and O–H groups in total. The Hall–Kier alpha value is -3.01. The third-order valence-corrected chi connectivity index (χ3v) is 7.19. The van der Waals surface area contributed by atoms with Gasteiger partial charge in [-0.05, 0) is 64.1 Å². The van der Waals surface area contributed by atoms with Crippen molar-refractivity contribution < 1.29 is 22.7 Å². The smallest absolute Gasteiger partial charge is 0.312 e. The van der Waals surface area contributed by atoms with Gasteiger partial charge in [-0.25, -0.2) is 13.1 Å². The highest BCUT2D eigenvalue weighted by atomic mass is 32.2. The number of fused-ring (bicyclic) bond motifs is 1. The molecule has 0 bridgehead atoms. The van der Waals surface area contributed by atoms with Crippen LogP contribution in [0.2, 0.25) is 0 Å². The highest BCUT2D eigenvalue weighted by molar-refractivity contribution is 7.89. The Morgan fingerprint density at radius 2 is 1.83 bits per heavy atom. The normalized spacial score (nSPS) is 18.5. The zero-order valence-corrected chi connectivity index (χ0v) is 21.2. The van der Waals surface area contributed by atoms with Crippen LogP contribution in [0.15, 0.2) is 59.5 Å². The van der Waals surface area contributed by atoms with E-state index in [1.54, 1.807) is 32.9 Å². The van der Waals surface area contributed by atoms with Gasteiger partial charge in [0.2, 0.25) is 10.0 Å². The predicted octanol–water partition coefficient (Wildman–Crippen LogP) is 3.33. The largest absolute Gasteiger partial charge is 0.489 e. The lowest BCUT2D eigenvalue weighted by molar-refractivity contribution is -0.159. The lowest BCUT2D eigenvalue weighted by Gasteiger charge is -2.24. The Bertz CT molecular complexity index is 1320. The van der Waals surface area contributed by atoms with Crippen LogP contribution >= 0.6 is 0 Å². The molecule has 4 rings (SSSR count). The third kappa shape index (κ3) is 6.17. The first-order valence-electron chi connectivity index (χ1n) is 11.6. The van der Waals surface area contributed by atoms with Gasteiger partial charge in [-0.3, -0.25) is 9.78 Å². The molecule has 1 saturated heterocycles. The molecule has 0 saturated carbocycles. The van der Waals surface area contributed by atoms with Crippen LogP contribution in [0.25, 0.3) is 10.9 Å². The number of para-hydroxylation sites is 1. The number of ether oxygens (including phenoxy) is 2. The number of benzene rings is 2. The Labute approximate surface area is 206 Å². The molecule has 1 fully saturated rings. The molecule has 0 radical (unpaired) electrons. The molecule has 1 aliphatic rings. The lowest BCUT2D eigenvalue weighted by atomic mass is 10.0. The Kier molecular flexibility index (Phi) is 7.12. The van der Waals surface area contributed by atoms with E-state index in [0.717, 1.165) is 22.2 Å². The fourth-order valence-electron chi connectivity index (χ4n) is 4.09. The van der Waals surface area contributed by atoms with Crippen LogP contribution in [0.3, 0.4) is 0 Å². The number of aromatic nitrogens is 1. The highest BCUT2D eigenvalue weighted by Crippen LogP contribution is 2.23. The number of esters is 1.